The molecule has 142 valence electrons. The first kappa shape index (κ1) is 18.9. The fourth-order valence-corrected chi connectivity index (χ4v) is 3.20. The zero-order valence-corrected chi connectivity index (χ0v) is 16.2. The smallest absolute Gasteiger partial charge is 0.272 e. The second kappa shape index (κ2) is 8.66. The molecule has 0 atom stereocenters. The number of fused-ring (bicyclic) bond motifs is 1. The van der Waals surface area contributed by atoms with Gasteiger partial charge >= 0.3 is 0 Å². The first-order valence-electron chi connectivity index (χ1n) is 9.50. The lowest BCUT2D eigenvalue weighted by atomic mass is 10.1. The Morgan fingerprint density at radius 2 is 1.96 bits per heavy atom. The Morgan fingerprint density at radius 1 is 1.19 bits per heavy atom. The molecular weight excluding hydrogens is 340 g/mol. The molecule has 0 aliphatic heterocycles. The molecule has 6 heteroatoms. The minimum Gasteiger partial charge on any atom is -0.490 e. The van der Waals surface area contributed by atoms with Crippen LogP contribution in [0.5, 0.6) is 5.75 Å². The quantitative estimate of drug-likeness (QED) is 0.613. The number of nitrogens with zero attached hydrogens (tertiary/aromatic N) is 4. The van der Waals surface area contributed by atoms with E-state index in [1.807, 2.05) is 60.5 Å². The molecule has 0 unspecified atom stereocenters. The summed E-state index contributed by atoms with van der Waals surface area (Å²) in [6.45, 7) is 7.82. The van der Waals surface area contributed by atoms with Crippen molar-refractivity contribution in [2.75, 3.05) is 19.7 Å². The number of hydrogen-bond acceptors (Lipinski definition) is 4. The van der Waals surface area contributed by atoms with Gasteiger partial charge in [-0.15, -0.1) is 0 Å². The van der Waals surface area contributed by atoms with Crippen LogP contribution in [0.1, 0.15) is 42.5 Å². The normalized spacial score (nSPS) is 10.9. The van der Waals surface area contributed by atoms with Crippen LogP contribution >= 0.6 is 0 Å². The molecule has 3 rings (SSSR count). The topological polar surface area (TPSA) is 59.7 Å². The molecule has 6 nitrogen and oxygen atoms in total. The maximum absolute atomic E-state index is 13.3. The summed E-state index contributed by atoms with van der Waals surface area (Å²) in [6.07, 6.45) is 6.93. The Hall–Kier alpha value is -2.89. The van der Waals surface area contributed by atoms with Gasteiger partial charge in [0.25, 0.3) is 5.91 Å². The molecule has 0 fully saturated rings. The predicted molar refractivity (Wildman–Crippen MR) is 105 cm³/mol. The van der Waals surface area contributed by atoms with Crippen LogP contribution in [0.4, 0.5) is 0 Å². The summed E-state index contributed by atoms with van der Waals surface area (Å²) < 4.78 is 7.55. The molecule has 27 heavy (non-hydrogen) atoms. The number of pyridine rings is 2. The summed E-state index contributed by atoms with van der Waals surface area (Å²) >= 11 is 0. The fraction of sp³-hybridized carbons (Fsp3) is 0.381. The third-order valence-corrected chi connectivity index (χ3v) is 4.61. The Morgan fingerprint density at radius 3 is 2.63 bits per heavy atom. The van der Waals surface area contributed by atoms with Crippen LogP contribution in [0.25, 0.3) is 5.65 Å². The zero-order chi connectivity index (χ0) is 19.2. The summed E-state index contributed by atoms with van der Waals surface area (Å²) in [5, 5.41) is 0. The Bertz CT molecular complexity index is 905. The van der Waals surface area contributed by atoms with Gasteiger partial charge in [0.15, 0.2) is 11.4 Å². The highest BCUT2D eigenvalue weighted by Crippen LogP contribution is 2.24. The predicted octanol–water partition coefficient (Wildman–Crippen LogP) is 3.40. The number of rotatable bonds is 8. The average molecular weight is 366 g/mol. The molecule has 0 saturated carbocycles. The van der Waals surface area contributed by atoms with E-state index in [0.29, 0.717) is 43.2 Å². The number of amides is 1. The van der Waals surface area contributed by atoms with E-state index >= 15 is 0 Å². The lowest BCUT2D eigenvalue weighted by molar-refractivity contribution is 0.0758. The molecule has 3 heterocycles. The first-order chi connectivity index (χ1) is 13.2. The van der Waals surface area contributed by atoms with Gasteiger partial charge in [-0.2, -0.15) is 0 Å². The molecule has 0 N–H and O–H groups in total. The van der Waals surface area contributed by atoms with Crippen LogP contribution in [0, 0.1) is 0 Å². The van der Waals surface area contributed by atoms with Crippen molar-refractivity contribution in [3.8, 4) is 5.75 Å². The molecular formula is C21H26N4O2. The van der Waals surface area contributed by atoms with E-state index in [2.05, 4.69) is 9.97 Å². The standard InChI is InChI=1S/C21H26N4O2/c1-4-17-19(25-14-7-8-18(27-6-3)20(25)23-17)21(26)24(5-2)15-11-16-9-12-22-13-10-16/h7-10,12-14H,4-6,11,15H2,1-3H3. The molecule has 3 aromatic heterocycles. The Labute approximate surface area is 159 Å². The minimum atomic E-state index is 0.00422. The highest BCUT2D eigenvalue weighted by Gasteiger charge is 2.24. The van der Waals surface area contributed by atoms with Crippen molar-refractivity contribution in [1.29, 1.82) is 0 Å². The summed E-state index contributed by atoms with van der Waals surface area (Å²) in [7, 11) is 0. The lowest BCUT2D eigenvalue weighted by Gasteiger charge is -2.21. The first-order valence-corrected chi connectivity index (χ1v) is 9.50. The molecule has 0 spiro atoms. The highest BCUT2D eigenvalue weighted by molar-refractivity contribution is 5.95. The number of aromatic nitrogens is 3. The van der Waals surface area contributed by atoms with E-state index < -0.39 is 0 Å². The Kier molecular flexibility index (Phi) is 6.06. The Balaban J connectivity index is 1.92. The van der Waals surface area contributed by atoms with E-state index in [-0.39, 0.29) is 5.91 Å². The minimum absolute atomic E-state index is 0.00422. The van der Waals surface area contributed by atoms with Crippen LogP contribution in [-0.2, 0) is 12.8 Å². The van der Waals surface area contributed by atoms with E-state index in [9.17, 15) is 4.79 Å². The number of aryl methyl sites for hydroxylation is 1. The third kappa shape index (κ3) is 3.94. The summed E-state index contributed by atoms with van der Waals surface area (Å²) in [5.74, 6) is 0.707. The van der Waals surface area contributed by atoms with Gasteiger partial charge in [-0.25, -0.2) is 4.98 Å². The van der Waals surface area contributed by atoms with Crippen molar-refractivity contribution < 1.29 is 9.53 Å². The van der Waals surface area contributed by atoms with Gasteiger partial charge in [0.1, 0.15) is 5.69 Å². The van der Waals surface area contributed by atoms with Gasteiger partial charge in [-0.3, -0.25) is 14.2 Å². The molecule has 1 amide bonds. The van der Waals surface area contributed by atoms with Gasteiger partial charge in [-0.1, -0.05) is 6.92 Å². The van der Waals surface area contributed by atoms with Gasteiger partial charge in [0, 0.05) is 31.7 Å². The highest BCUT2D eigenvalue weighted by atomic mass is 16.5. The maximum atomic E-state index is 13.3. The van der Waals surface area contributed by atoms with Crippen LogP contribution in [0.3, 0.4) is 0 Å². The second-order valence-corrected chi connectivity index (χ2v) is 6.25. The monoisotopic (exact) mass is 366 g/mol. The molecule has 0 aliphatic carbocycles. The maximum Gasteiger partial charge on any atom is 0.272 e. The van der Waals surface area contributed by atoms with Crippen molar-refractivity contribution >= 4 is 11.6 Å². The van der Waals surface area contributed by atoms with Gasteiger partial charge in [-0.05, 0) is 56.5 Å². The number of ether oxygens (including phenoxy) is 1. The summed E-state index contributed by atoms with van der Waals surface area (Å²) in [5.41, 5.74) is 3.30. The van der Waals surface area contributed by atoms with Crippen molar-refractivity contribution in [2.24, 2.45) is 0 Å². The average Bonchev–Trinajstić information content (AvgIpc) is 3.09. The number of hydrogen-bond donors (Lipinski definition) is 0. The molecule has 3 aromatic rings. The third-order valence-electron chi connectivity index (χ3n) is 4.61. The van der Waals surface area contributed by atoms with Crippen molar-refractivity contribution in [2.45, 2.75) is 33.6 Å². The lowest BCUT2D eigenvalue weighted by Crippen LogP contribution is -2.34. The molecule has 0 radical (unpaired) electrons. The number of carbonyl (C=O) groups excluding carboxylic acids is 1. The van der Waals surface area contributed by atoms with Crippen molar-refractivity contribution in [3.63, 3.8) is 0 Å². The van der Waals surface area contributed by atoms with Crippen molar-refractivity contribution in [3.05, 3.63) is 59.8 Å². The van der Waals surface area contributed by atoms with Crippen LogP contribution in [0.2, 0.25) is 0 Å². The van der Waals surface area contributed by atoms with E-state index in [0.717, 1.165) is 12.1 Å². The molecule has 0 aliphatic rings. The van der Waals surface area contributed by atoms with Gasteiger partial charge in [0.05, 0.1) is 12.3 Å². The number of likely N-dealkylation sites (N-methyl/N-ethyl adjacent to an activating group) is 1. The zero-order valence-electron chi connectivity index (χ0n) is 16.2. The summed E-state index contributed by atoms with van der Waals surface area (Å²) in [4.78, 5) is 23.9. The van der Waals surface area contributed by atoms with E-state index in [1.54, 1.807) is 12.4 Å². The van der Waals surface area contributed by atoms with E-state index in [4.69, 9.17) is 4.74 Å². The molecule has 0 aromatic carbocycles. The largest absolute Gasteiger partial charge is 0.490 e. The van der Waals surface area contributed by atoms with Crippen LogP contribution < -0.4 is 4.74 Å². The molecule has 0 saturated heterocycles. The van der Waals surface area contributed by atoms with Crippen molar-refractivity contribution in [1.82, 2.24) is 19.3 Å². The van der Waals surface area contributed by atoms with Crippen LogP contribution in [0.15, 0.2) is 42.9 Å². The number of imidazole rings is 1. The second-order valence-electron chi connectivity index (χ2n) is 6.25. The number of carbonyl (C=O) groups is 1. The van der Waals surface area contributed by atoms with E-state index in [1.165, 1.54) is 5.56 Å². The summed E-state index contributed by atoms with van der Waals surface area (Å²) in [6, 6.07) is 7.75. The van der Waals surface area contributed by atoms with Gasteiger partial charge < -0.3 is 9.64 Å². The van der Waals surface area contributed by atoms with Crippen LogP contribution in [-0.4, -0.2) is 44.9 Å². The fourth-order valence-electron chi connectivity index (χ4n) is 3.20. The SMILES string of the molecule is CCOc1cccn2c(C(=O)N(CC)CCc3ccncc3)c(CC)nc12. The molecule has 0 bridgehead atoms. The van der Waals surface area contributed by atoms with Gasteiger partial charge in [0.2, 0.25) is 0 Å².